The fourth-order valence-corrected chi connectivity index (χ4v) is 2.08. The second-order valence-corrected chi connectivity index (χ2v) is 5.14. The summed E-state index contributed by atoms with van der Waals surface area (Å²) in [7, 11) is 0. The van der Waals surface area contributed by atoms with Crippen molar-refractivity contribution in [1.29, 1.82) is 0 Å². The van der Waals surface area contributed by atoms with Crippen LogP contribution in [-0.4, -0.2) is 51.3 Å². The van der Waals surface area contributed by atoms with Gasteiger partial charge >= 0.3 is 23.9 Å². The van der Waals surface area contributed by atoms with Gasteiger partial charge in [0.1, 0.15) is 0 Å². The molecule has 0 heterocycles. The van der Waals surface area contributed by atoms with E-state index >= 15 is 0 Å². The zero-order valence-electron chi connectivity index (χ0n) is 12.9. The first-order valence-electron chi connectivity index (χ1n) is 6.56. The Balaban J connectivity index is 0.00000529. The van der Waals surface area contributed by atoms with Gasteiger partial charge in [-0.2, -0.15) is 0 Å². The van der Waals surface area contributed by atoms with Gasteiger partial charge < -0.3 is 25.5 Å². The summed E-state index contributed by atoms with van der Waals surface area (Å²) in [5.41, 5.74) is -2.48. The number of carbonyl (C=O) groups is 4. The summed E-state index contributed by atoms with van der Waals surface area (Å²) in [4.78, 5) is 45.1. The molecule has 0 spiro atoms. The van der Waals surface area contributed by atoms with E-state index in [2.05, 4.69) is 6.58 Å². The van der Waals surface area contributed by atoms with Gasteiger partial charge in [0.25, 0.3) is 0 Å². The van der Waals surface area contributed by atoms with Gasteiger partial charge in [-0.05, 0) is 13.0 Å². The lowest BCUT2D eigenvalue weighted by atomic mass is 9.74. The first-order valence-corrected chi connectivity index (χ1v) is 6.56. The van der Waals surface area contributed by atoms with Crippen LogP contribution in [0.3, 0.4) is 0 Å². The summed E-state index contributed by atoms with van der Waals surface area (Å²) in [6.45, 7) is 4.55. The van der Waals surface area contributed by atoms with E-state index in [1.165, 1.54) is 6.92 Å². The molecule has 0 fully saturated rings. The third-order valence-electron chi connectivity index (χ3n) is 3.43. The van der Waals surface area contributed by atoms with Crippen molar-refractivity contribution in [2.45, 2.75) is 19.8 Å². The normalized spacial score (nSPS) is 19.2. The van der Waals surface area contributed by atoms with E-state index in [1.54, 1.807) is 0 Å². The van der Waals surface area contributed by atoms with Gasteiger partial charge in [0, 0.05) is 18.4 Å². The van der Waals surface area contributed by atoms with Gasteiger partial charge in [0.05, 0.1) is 23.2 Å². The number of ether oxygens (including phenoxy) is 1. The van der Waals surface area contributed by atoms with Crippen molar-refractivity contribution in [3.63, 3.8) is 0 Å². The highest BCUT2D eigenvalue weighted by molar-refractivity contribution is 6.02. The maximum atomic E-state index is 11.6. The van der Waals surface area contributed by atoms with Crippen LogP contribution in [0.15, 0.2) is 35.5 Å². The zero-order chi connectivity index (χ0) is 17.8. The Bertz CT molecular complexity index is 641. The summed E-state index contributed by atoms with van der Waals surface area (Å²) in [6, 6.07) is 0. The minimum absolute atomic E-state index is 0. The van der Waals surface area contributed by atoms with Crippen molar-refractivity contribution in [2.24, 2.45) is 5.41 Å². The third kappa shape index (κ3) is 4.53. The van der Waals surface area contributed by atoms with Crippen LogP contribution in [-0.2, 0) is 23.9 Å². The molecule has 24 heavy (non-hydrogen) atoms. The highest BCUT2D eigenvalue weighted by Crippen LogP contribution is 2.38. The van der Waals surface area contributed by atoms with Crippen molar-refractivity contribution in [1.82, 2.24) is 0 Å². The minimum Gasteiger partial charge on any atom is -0.481 e. The molecule has 0 aromatic rings. The van der Waals surface area contributed by atoms with Crippen LogP contribution in [0, 0.1) is 5.41 Å². The number of esters is 1. The first kappa shape index (κ1) is 21.1. The molecule has 5 N–H and O–H groups in total. The van der Waals surface area contributed by atoms with Gasteiger partial charge in [-0.25, -0.2) is 14.4 Å². The van der Waals surface area contributed by atoms with Gasteiger partial charge in [0.15, 0.2) is 0 Å². The van der Waals surface area contributed by atoms with E-state index in [0.29, 0.717) is 0 Å². The average Bonchev–Trinajstić information content (AvgIpc) is 2.46. The molecule has 0 aliphatic heterocycles. The molecule has 9 nitrogen and oxygen atoms in total. The van der Waals surface area contributed by atoms with Crippen LogP contribution >= 0.6 is 0 Å². The molecular weight excluding hydrogens is 324 g/mol. The number of hydrogen-bond acceptors (Lipinski definition) is 5. The molecule has 0 radical (unpaired) electrons. The molecule has 0 aromatic heterocycles. The van der Waals surface area contributed by atoms with E-state index in [0.717, 1.165) is 12.2 Å². The van der Waals surface area contributed by atoms with Gasteiger partial charge in [-0.1, -0.05) is 12.7 Å². The van der Waals surface area contributed by atoms with Crippen LogP contribution in [0.5, 0.6) is 0 Å². The number of carboxylic acids is 3. The van der Waals surface area contributed by atoms with E-state index < -0.39 is 46.9 Å². The van der Waals surface area contributed by atoms with E-state index in [1.807, 2.05) is 0 Å². The predicted molar refractivity (Wildman–Crippen MR) is 80.1 cm³/mol. The molecule has 9 heteroatoms. The Kier molecular flexibility index (Phi) is 7.08. The lowest BCUT2D eigenvalue weighted by Gasteiger charge is -2.29. The summed E-state index contributed by atoms with van der Waals surface area (Å²) >= 11 is 0. The predicted octanol–water partition coefficient (Wildman–Crippen LogP) is 0.168. The standard InChI is InChI=1S/C15H16O8.H2O/c1-8(2)13(20)23-6-5-15(14(21)22)4-3-9(11(16)17)10(7-15)12(18)19;/h3-4H,1,5-7H2,2H3,(H,16,17)(H,18,19)(H,21,22);1H2. The highest BCUT2D eigenvalue weighted by atomic mass is 16.5. The Hall–Kier alpha value is -2.94. The largest absolute Gasteiger partial charge is 0.481 e. The molecule has 0 saturated heterocycles. The Morgan fingerprint density at radius 3 is 2.21 bits per heavy atom. The van der Waals surface area contributed by atoms with E-state index in [-0.39, 0.29) is 24.1 Å². The van der Waals surface area contributed by atoms with Gasteiger partial charge in [0.2, 0.25) is 0 Å². The zero-order valence-corrected chi connectivity index (χ0v) is 12.9. The maximum absolute atomic E-state index is 11.6. The van der Waals surface area contributed by atoms with Crippen LogP contribution in [0.1, 0.15) is 19.8 Å². The van der Waals surface area contributed by atoms with Crippen LogP contribution in [0.4, 0.5) is 0 Å². The summed E-state index contributed by atoms with van der Waals surface area (Å²) in [5.74, 6) is -4.98. The fourth-order valence-electron chi connectivity index (χ4n) is 2.08. The van der Waals surface area contributed by atoms with Crippen LogP contribution < -0.4 is 0 Å². The molecular formula is C15H18O9. The summed E-state index contributed by atoms with van der Waals surface area (Å²) in [6.07, 6.45) is 1.38. The van der Waals surface area contributed by atoms with Crippen molar-refractivity contribution in [3.05, 3.63) is 35.5 Å². The van der Waals surface area contributed by atoms with E-state index in [9.17, 15) is 24.3 Å². The van der Waals surface area contributed by atoms with Crippen molar-refractivity contribution in [3.8, 4) is 0 Å². The monoisotopic (exact) mass is 342 g/mol. The Labute approximate surface area is 136 Å². The maximum Gasteiger partial charge on any atom is 0.336 e. The number of aliphatic carboxylic acids is 3. The molecule has 0 aromatic carbocycles. The minimum atomic E-state index is -1.65. The molecule has 1 aliphatic carbocycles. The smallest absolute Gasteiger partial charge is 0.336 e. The molecule has 0 amide bonds. The van der Waals surface area contributed by atoms with Gasteiger partial charge in [-0.15, -0.1) is 0 Å². The highest BCUT2D eigenvalue weighted by Gasteiger charge is 2.42. The average molecular weight is 342 g/mol. The molecule has 1 unspecified atom stereocenters. The van der Waals surface area contributed by atoms with Crippen molar-refractivity contribution >= 4 is 23.9 Å². The quantitative estimate of drug-likeness (QED) is 0.434. The summed E-state index contributed by atoms with van der Waals surface area (Å²) < 4.78 is 4.84. The number of carbonyl (C=O) groups excluding carboxylic acids is 1. The molecule has 132 valence electrons. The van der Waals surface area contributed by atoms with Crippen molar-refractivity contribution in [2.75, 3.05) is 6.61 Å². The fraction of sp³-hybridized carbons (Fsp3) is 0.333. The van der Waals surface area contributed by atoms with Crippen molar-refractivity contribution < 1.29 is 44.7 Å². The molecule has 1 aliphatic rings. The van der Waals surface area contributed by atoms with Gasteiger partial charge in [-0.3, -0.25) is 4.79 Å². The second kappa shape index (κ2) is 8.06. The number of hydrogen-bond donors (Lipinski definition) is 3. The van der Waals surface area contributed by atoms with Crippen LogP contribution in [0.25, 0.3) is 0 Å². The second-order valence-electron chi connectivity index (χ2n) is 5.14. The third-order valence-corrected chi connectivity index (χ3v) is 3.43. The SMILES string of the molecule is C=C(C)C(=O)OCCC1(C(=O)O)C=CC(C(=O)O)=C(C(=O)O)C1.O. The molecule has 0 bridgehead atoms. The summed E-state index contributed by atoms with van der Waals surface area (Å²) in [5, 5.41) is 27.5. The molecule has 1 atom stereocenters. The number of rotatable bonds is 7. The molecule has 0 saturated carbocycles. The lowest BCUT2D eigenvalue weighted by Crippen LogP contribution is -2.35. The number of carboxylic acid groups (broad SMARTS) is 3. The first-order chi connectivity index (χ1) is 10.6. The Morgan fingerprint density at radius 1 is 1.21 bits per heavy atom. The van der Waals surface area contributed by atoms with Crippen LogP contribution in [0.2, 0.25) is 0 Å². The Morgan fingerprint density at radius 2 is 1.79 bits per heavy atom. The van der Waals surface area contributed by atoms with E-state index in [4.69, 9.17) is 14.9 Å². The molecule has 1 rings (SSSR count). The lowest BCUT2D eigenvalue weighted by molar-refractivity contribution is -0.150. The topological polar surface area (TPSA) is 170 Å².